The number of likely N-dealkylation sites (tertiary alicyclic amines) is 1. The number of hydrogen-bond donors (Lipinski definition) is 1. The number of nitrogens with one attached hydrogen (secondary N) is 1. The third-order valence-corrected chi connectivity index (χ3v) is 6.87. The van der Waals surface area contributed by atoms with Gasteiger partial charge in [-0.2, -0.15) is 0 Å². The number of likely N-dealkylation sites (N-methyl/N-ethyl adjacent to an activating group) is 1. The van der Waals surface area contributed by atoms with Gasteiger partial charge < -0.3 is 10.2 Å². The quantitative estimate of drug-likeness (QED) is 0.863. The molecule has 1 spiro atoms. The summed E-state index contributed by atoms with van der Waals surface area (Å²) in [6.45, 7) is 9.82. The number of amides is 1. The third-order valence-electron chi connectivity index (χ3n) is 6.87. The zero-order chi connectivity index (χ0) is 18.9. The largest absolute Gasteiger partial charge is 0.339 e. The van der Waals surface area contributed by atoms with Crippen LogP contribution in [0.2, 0.25) is 0 Å². The van der Waals surface area contributed by atoms with E-state index in [1.54, 1.807) is 0 Å². The Hall–Kier alpha value is -1.50. The topological polar surface area (TPSA) is 51.7 Å². The third kappa shape index (κ3) is 4.03. The van der Waals surface area contributed by atoms with Gasteiger partial charge in [0.05, 0.1) is 11.7 Å². The molecule has 0 aromatic carbocycles. The Bertz CT molecular complexity index is 664. The van der Waals surface area contributed by atoms with Crippen molar-refractivity contribution in [2.75, 3.05) is 52.9 Å². The van der Waals surface area contributed by atoms with Crippen molar-refractivity contribution < 1.29 is 4.79 Å². The summed E-state index contributed by atoms with van der Waals surface area (Å²) in [7, 11) is 2.14. The summed E-state index contributed by atoms with van der Waals surface area (Å²) in [5, 5.41) is 3.46. The van der Waals surface area contributed by atoms with Gasteiger partial charge in [-0.1, -0.05) is 6.07 Å². The van der Waals surface area contributed by atoms with E-state index in [2.05, 4.69) is 45.0 Å². The van der Waals surface area contributed by atoms with E-state index < -0.39 is 0 Å². The Balaban J connectivity index is 1.31. The highest BCUT2D eigenvalue weighted by Gasteiger charge is 2.46. The lowest BCUT2D eigenvalue weighted by Gasteiger charge is -2.37. The highest BCUT2D eigenvalue weighted by molar-refractivity contribution is 5.82. The summed E-state index contributed by atoms with van der Waals surface area (Å²) in [5.41, 5.74) is 2.76. The minimum Gasteiger partial charge on any atom is -0.339 e. The van der Waals surface area contributed by atoms with Crippen molar-refractivity contribution in [3.05, 3.63) is 29.6 Å². The molecule has 148 valence electrons. The molecule has 1 unspecified atom stereocenters. The highest BCUT2D eigenvalue weighted by atomic mass is 16.2. The first-order valence-corrected chi connectivity index (χ1v) is 10.4. The number of rotatable bonds is 3. The van der Waals surface area contributed by atoms with Crippen molar-refractivity contribution in [3.8, 4) is 0 Å². The maximum Gasteiger partial charge on any atom is 0.240 e. The Morgan fingerprint density at radius 3 is 2.70 bits per heavy atom. The van der Waals surface area contributed by atoms with Crippen molar-refractivity contribution in [1.82, 2.24) is 25.0 Å². The summed E-state index contributed by atoms with van der Waals surface area (Å²) in [5.74, 6) is 0.349. The molecule has 27 heavy (non-hydrogen) atoms. The summed E-state index contributed by atoms with van der Waals surface area (Å²) in [4.78, 5) is 24.5. The summed E-state index contributed by atoms with van der Waals surface area (Å²) in [6, 6.07) is 4.19. The lowest BCUT2D eigenvalue weighted by atomic mass is 9.77. The average molecular weight is 372 g/mol. The van der Waals surface area contributed by atoms with Crippen LogP contribution in [0.3, 0.4) is 0 Å². The second-order valence-electron chi connectivity index (χ2n) is 8.75. The molecule has 4 rings (SSSR count). The summed E-state index contributed by atoms with van der Waals surface area (Å²) in [6.07, 6.45) is 5.32. The number of carbonyl (C=O) groups is 1. The molecule has 4 heterocycles. The van der Waals surface area contributed by atoms with Gasteiger partial charge in [0.1, 0.15) is 0 Å². The lowest BCUT2D eigenvalue weighted by Crippen LogP contribution is -2.53. The molecular weight excluding hydrogens is 338 g/mol. The summed E-state index contributed by atoms with van der Waals surface area (Å²) >= 11 is 0. The predicted molar refractivity (Wildman–Crippen MR) is 106 cm³/mol. The molecular formula is C21H33N5O. The number of aromatic nitrogens is 1. The van der Waals surface area contributed by atoms with Crippen LogP contribution in [0.1, 0.15) is 30.5 Å². The van der Waals surface area contributed by atoms with Crippen LogP contribution in [0, 0.1) is 12.3 Å². The van der Waals surface area contributed by atoms with E-state index in [1.807, 2.05) is 12.3 Å². The minimum absolute atomic E-state index is 0.0766. The zero-order valence-corrected chi connectivity index (χ0v) is 16.8. The highest BCUT2D eigenvalue weighted by Crippen LogP contribution is 2.41. The molecule has 0 bridgehead atoms. The van der Waals surface area contributed by atoms with Crippen LogP contribution in [0.4, 0.5) is 0 Å². The normalized spacial score (nSPS) is 26.6. The second-order valence-corrected chi connectivity index (χ2v) is 8.75. The van der Waals surface area contributed by atoms with E-state index >= 15 is 0 Å². The van der Waals surface area contributed by atoms with Gasteiger partial charge in [0.25, 0.3) is 0 Å². The van der Waals surface area contributed by atoms with Gasteiger partial charge in [-0.05, 0) is 63.4 Å². The molecule has 3 aliphatic rings. The average Bonchev–Trinajstić information content (AvgIpc) is 3.00. The maximum atomic E-state index is 13.2. The number of carbonyl (C=O) groups excluding carboxylic acids is 1. The van der Waals surface area contributed by atoms with Gasteiger partial charge in [0.2, 0.25) is 5.91 Å². The van der Waals surface area contributed by atoms with Crippen LogP contribution in [0.5, 0.6) is 0 Å². The van der Waals surface area contributed by atoms with Gasteiger partial charge in [-0.25, -0.2) is 0 Å². The fraction of sp³-hybridized carbons (Fsp3) is 0.714. The summed E-state index contributed by atoms with van der Waals surface area (Å²) < 4.78 is 0. The molecule has 3 fully saturated rings. The first kappa shape index (κ1) is 18.8. The first-order chi connectivity index (χ1) is 13.1. The number of hydrogen-bond acceptors (Lipinski definition) is 5. The van der Waals surface area contributed by atoms with Gasteiger partial charge in [0, 0.05) is 45.5 Å². The molecule has 1 amide bonds. The minimum atomic E-state index is 0.0766. The molecule has 1 aromatic heterocycles. The SMILES string of the molecule is Cc1cccnc1CN1CCN(C(=O)C2CC3(CCNCC3)CN2C)CC1. The first-order valence-electron chi connectivity index (χ1n) is 10.4. The number of piperidine rings is 1. The van der Waals surface area contributed by atoms with Crippen LogP contribution < -0.4 is 5.32 Å². The molecule has 0 aliphatic carbocycles. The molecule has 1 atom stereocenters. The van der Waals surface area contributed by atoms with Gasteiger partial charge in [-0.3, -0.25) is 19.6 Å². The Morgan fingerprint density at radius 2 is 2.00 bits per heavy atom. The smallest absolute Gasteiger partial charge is 0.240 e. The molecule has 3 saturated heterocycles. The number of aryl methyl sites for hydroxylation is 1. The van der Waals surface area contributed by atoms with E-state index in [0.29, 0.717) is 11.3 Å². The van der Waals surface area contributed by atoms with Crippen molar-refractivity contribution in [2.45, 2.75) is 38.8 Å². The Labute approximate surface area is 162 Å². The number of nitrogens with zero attached hydrogens (tertiary/aromatic N) is 4. The molecule has 1 aromatic rings. The van der Waals surface area contributed by atoms with Crippen molar-refractivity contribution in [2.24, 2.45) is 5.41 Å². The monoisotopic (exact) mass is 371 g/mol. The standard InChI is InChI=1S/C21H33N5O/c1-17-4-3-7-23-18(17)15-25-10-12-26(13-11-25)20(27)19-14-21(16-24(19)2)5-8-22-9-6-21/h3-4,7,19,22H,5-6,8-16H2,1-2H3. The predicted octanol–water partition coefficient (Wildman–Crippen LogP) is 1.11. The van der Waals surface area contributed by atoms with E-state index in [9.17, 15) is 4.79 Å². The number of piperazine rings is 1. The molecule has 0 saturated carbocycles. The van der Waals surface area contributed by atoms with Gasteiger partial charge >= 0.3 is 0 Å². The van der Waals surface area contributed by atoms with E-state index in [1.165, 1.54) is 18.4 Å². The molecule has 1 N–H and O–H groups in total. The van der Waals surface area contributed by atoms with E-state index in [-0.39, 0.29) is 6.04 Å². The lowest BCUT2D eigenvalue weighted by molar-refractivity contribution is -0.137. The fourth-order valence-corrected chi connectivity index (χ4v) is 5.10. The Kier molecular flexibility index (Phi) is 5.48. The maximum absolute atomic E-state index is 13.2. The van der Waals surface area contributed by atoms with Gasteiger partial charge in [-0.15, -0.1) is 0 Å². The van der Waals surface area contributed by atoms with Crippen molar-refractivity contribution in [1.29, 1.82) is 0 Å². The molecule has 6 heteroatoms. The van der Waals surface area contributed by atoms with Crippen LogP contribution in [-0.4, -0.2) is 84.5 Å². The van der Waals surface area contributed by atoms with E-state index in [0.717, 1.165) is 64.5 Å². The van der Waals surface area contributed by atoms with Crippen molar-refractivity contribution in [3.63, 3.8) is 0 Å². The molecule has 3 aliphatic heterocycles. The second kappa shape index (κ2) is 7.86. The van der Waals surface area contributed by atoms with Crippen LogP contribution in [-0.2, 0) is 11.3 Å². The van der Waals surface area contributed by atoms with Crippen LogP contribution in [0.25, 0.3) is 0 Å². The van der Waals surface area contributed by atoms with E-state index in [4.69, 9.17) is 0 Å². The van der Waals surface area contributed by atoms with Crippen LogP contribution >= 0.6 is 0 Å². The molecule has 0 radical (unpaired) electrons. The van der Waals surface area contributed by atoms with Crippen LogP contribution in [0.15, 0.2) is 18.3 Å². The fourth-order valence-electron chi connectivity index (χ4n) is 5.10. The molecule has 6 nitrogen and oxygen atoms in total. The van der Waals surface area contributed by atoms with Crippen molar-refractivity contribution >= 4 is 5.91 Å². The number of pyridine rings is 1. The van der Waals surface area contributed by atoms with Gasteiger partial charge in [0.15, 0.2) is 0 Å². The Morgan fingerprint density at radius 1 is 1.26 bits per heavy atom. The zero-order valence-electron chi connectivity index (χ0n) is 16.8.